The Morgan fingerprint density at radius 3 is 1.50 bits per heavy atom. The summed E-state index contributed by atoms with van der Waals surface area (Å²) in [5, 5.41) is 5.22. The highest BCUT2D eigenvalue weighted by Gasteiger charge is 2.00. The van der Waals surface area contributed by atoms with Crippen LogP contribution in [0.15, 0.2) is 0 Å². The van der Waals surface area contributed by atoms with Crippen LogP contribution in [0, 0.1) is 0 Å². The summed E-state index contributed by atoms with van der Waals surface area (Å²) in [5.41, 5.74) is 0. The maximum Gasteiger partial charge on any atom is 0.221 e. The van der Waals surface area contributed by atoms with Crippen molar-refractivity contribution in [2.75, 3.05) is 24.8 Å². The molecule has 0 aliphatic heterocycles. The summed E-state index contributed by atoms with van der Waals surface area (Å²) in [6.07, 6.45) is 0.606. The van der Waals surface area contributed by atoms with Gasteiger partial charge in [0.15, 0.2) is 0 Å². The van der Waals surface area contributed by atoms with E-state index < -0.39 is 0 Å². The lowest BCUT2D eigenvalue weighted by Crippen LogP contribution is -2.34. The Morgan fingerprint density at radius 1 is 0.857 bits per heavy atom. The van der Waals surface area contributed by atoms with Crippen LogP contribution in [0.5, 0.6) is 0 Å². The topological polar surface area (TPSA) is 58.2 Å². The molecule has 0 saturated heterocycles. The fourth-order valence-corrected chi connectivity index (χ4v) is 1.10. The smallest absolute Gasteiger partial charge is 0.221 e. The molecule has 0 unspecified atom stereocenters. The average Bonchev–Trinajstić information content (AvgIpc) is 2.13. The van der Waals surface area contributed by atoms with E-state index >= 15 is 0 Å². The van der Waals surface area contributed by atoms with Crippen LogP contribution in [0.4, 0.5) is 0 Å². The van der Waals surface area contributed by atoms with Crippen LogP contribution < -0.4 is 10.6 Å². The highest BCUT2D eigenvalue weighted by Crippen LogP contribution is 1.84. The molecule has 2 N–H and O–H groups in total. The molecule has 0 radical (unpaired) electrons. The Labute approximate surface area is 93.3 Å². The lowest BCUT2D eigenvalue weighted by atomic mass is 10.4. The zero-order valence-corrected chi connectivity index (χ0v) is 9.33. The van der Waals surface area contributed by atoms with E-state index in [1.54, 1.807) is 0 Å². The van der Waals surface area contributed by atoms with E-state index in [1.807, 2.05) is 0 Å². The molecule has 0 heterocycles. The van der Waals surface area contributed by atoms with Gasteiger partial charge in [0.05, 0.1) is 0 Å². The number of rotatable bonds is 7. The van der Waals surface area contributed by atoms with Gasteiger partial charge in [-0.3, -0.25) is 9.59 Å². The molecule has 0 atom stereocenters. The van der Waals surface area contributed by atoms with Crippen molar-refractivity contribution in [2.45, 2.75) is 12.8 Å². The maximum atomic E-state index is 10.9. The third kappa shape index (κ3) is 8.13. The monoisotopic (exact) mass is 240 g/mol. The Bertz CT molecular complexity index is 168. The van der Waals surface area contributed by atoms with Gasteiger partial charge in [-0.05, 0) is 0 Å². The van der Waals surface area contributed by atoms with E-state index in [1.165, 1.54) is 0 Å². The van der Waals surface area contributed by atoms with Gasteiger partial charge in [-0.2, -0.15) is 0 Å². The Morgan fingerprint density at radius 2 is 1.21 bits per heavy atom. The first-order chi connectivity index (χ1) is 6.70. The Kier molecular flexibility index (Phi) is 8.78. The van der Waals surface area contributed by atoms with E-state index in [4.69, 9.17) is 23.2 Å². The van der Waals surface area contributed by atoms with Crippen LogP contribution >= 0.6 is 23.2 Å². The number of alkyl halides is 2. The lowest BCUT2D eigenvalue weighted by Gasteiger charge is -2.05. The molecule has 4 nitrogen and oxygen atoms in total. The molecule has 0 aromatic carbocycles. The van der Waals surface area contributed by atoms with Gasteiger partial charge < -0.3 is 10.6 Å². The average molecular weight is 241 g/mol. The number of carbonyl (C=O) groups is 2. The minimum atomic E-state index is -0.105. The van der Waals surface area contributed by atoms with Gasteiger partial charge in [0.25, 0.3) is 0 Å². The largest absolute Gasteiger partial charge is 0.354 e. The second kappa shape index (κ2) is 9.09. The number of halogens is 2. The number of carbonyl (C=O) groups excluding carboxylic acids is 2. The first-order valence-corrected chi connectivity index (χ1v) is 5.43. The van der Waals surface area contributed by atoms with Gasteiger partial charge in [-0.15, -0.1) is 23.2 Å². The molecule has 0 bridgehead atoms. The summed E-state index contributed by atoms with van der Waals surface area (Å²) in [6, 6.07) is 0. The van der Waals surface area contributed by atoms with E-state index in [9.17, 15) is 9.59 Å². The van der Waals surface area contributed by atoms with Crippen LogP contribution in [0.2, 0.25) is 0 Å². The summed E-state index contributed by atoms with van der Waals surface area (Å²) < 4.78 is 0. The molecular formula is C8H14Cl2N2O2. The van der Waals surface area contributed by atoms with Crippen molar-refractivity contribution in [3.63, 3.8) is 0 Å². The fraction of sp³-hybridized carbons (Fsp3) is 0.750. The van der Waals surface area contributed by atoms with Gasteiger partial charge in [0, 0.05) is 37.7 Å². The van der Waals surface area contributed by atoms with Crippen molar-refractivity contribution < 1.29 is 9.59 Å². The molecular weight excluding hydrogens is 227 g/mol. The van der Waals surface area contributed by atoms with Crippen LogP contribution in [0.3, 0.4) is 0 Å². The second-order valence-electron chi connectivity index (χ2n) is 2.58. The molecule has 2 amide bonds. The normalized spacial score (nSPS) is 9.57. The molecule has 0 aromatic rings. The zero-order chi connectivity index (χ0) is 10.8. The maximum absolute atomic E-state index is 10.9. The third-order valence-electron chi connectivity index (χ3n) is 1.41. The Balaban J connectivity index is 3.28. The highest BCUT2D eigenvalue weighted by molar-refractivity contribution is 6.19. The van der Waals surface area contributed by atoms with E-state index in [0.717, 1.165) is 0 Å². The van der Waals surface area contributed by atoms with E-state index in [0.29, 0.717) is 37.7 Å². The number of hydrogen-bond acceptors (Lipinski definition) is 2. The van der Waals surface area contributed by atoms with Crippen LogP contribution in [-0.2, 0) is 9.59 Å². The first kappa shape index (κ1) is 13.5. The first-order valence-electron chi connectivity index (χ1n) is 4.36. The van der Waals surface area contributed by atoms with Gasteiger partial charge in [0.1, 0.15) is 0 Å². The molecule has 6 heteroatoms. The molecule has 0 saturated carbocycles. The van der Waals surface area contributed by atoms with Crippen LogP contribution in [-0.4, -0.2) is 36.7 Å². The summed E-state index contributed by atoms with van der Waals surface area (Å²) in [4.78, 5) is 21.8. The van der Waals surface area contributed by atoms with Crippen molar-refractivity contribution in [1.29, 1.82) is 0 Å². The third-order valence-corrected chi connectivity index (χ3v) is 1.79. The predicted molar refractivity (Wildman–Crippen MR) is 56.7 cm³/mol. The summed E-state index contributed by atoms with van der Waals surface area (Å²) in [7, 11) is 0. The summed E-state index contributed by atoms with van der Waals surface area (Å²) in [6.45, 7) is 0.841. The quantitative estimate of drug-likeness (QED) is 0.503. The molecule has 0 aliphatic carbocycles. The van der Waals surface area contributed by atoms with Crippen molar-refractivity contribution in [1.82, 2.24) is 10.6 Å². The van der Waals surface area contributed by atoms with Gasteiger partial charge in [-0.1, -0.05) is 0 Å². The highest BCUT2D eigenvalue weighted by atomic mass is 35.5. The molecule has 0 rings (SSSR count). The summed E-state index contributed by atoms with van der Waals surface area (Å²) >= 11 is 10.7. The molecule has 0 aliphatic rings. The van der Waals surface area contributed by atoms with Crippen LogP contribution in [0.1, 0.15) is 12.8 Å². The zero-order valence-electron chi connectivity index (χ0n) is 7.82. The van der Waals surface area contributed by atoms with E-state index in [2.05, 4.69) is 10.6 Å². The minimum Gasteiger partial charge on any atom is -0.354 e. The minimum absolute atomic E-state index is 0.105. The standard InChI is InChI=1S/C8H14Cl2N2O2/c9-3-1-7(13)11-5-6-12-8(14)2-4-10/h1-6H2,(H,11,13)(H,12,14). The Hall–Kier alpha value is -0.480. The molecule has 0 aromatic heterocycles. The van der Waals surface area contributed by atoms with Crippen molar-refractivity contribution >= 4 is 35.0 Å². The van der Waals surface area contributed by atoms with E-state index in [-0.39, 0.29) is 11.8 Å². The molecule has 0 fully saturated rings. The number of nitrogens with one attached hydrogen (secondary N) is 2. The van der Waals surface area contributed by atoms with Crippen molar-refractivity contribution in [2.24, 2.45) is 0 Å². The lowest BCUT2D eigenvalue weighted by molar-refractivity contribution is -0.122. The van der Waals surface area contributed by atoms with Gasteiger partial charge in [0.2, 0.25) is 11.8 Å². The second-order valence-corrected chi connectivity index (χ2v) is 3.33. The molecule has 14 heavy (non-hydrogen) atoms. The SMILES string of the molecule is O=C(CCCl)NCCNC(=O)CCCl. The number of hydrogen-bond donors (Lipinski definition) is 2. The summed E-state index contributed by atoms with van der Waals surface area (Å²) in [5.74, 6) is 0.410. The van der Waals surface area contributed by atoms with Crippen molar-refractivity contribution in [3.05, 3.63) is 0 Å². The molecule has 0 spiro atoms. The predicted octanol–water partition coefficient (Wildman–Crippen LogP) is 0.477. The molecule has 82 valence electrons. The van der Waals surface area contributed by atoms with Gasteiger partial charge in [-0.25, -0.2) is 0 Å². The fourth-order valence-electron chi connectivity index (χ4n) is 0.752. The van der Waals surface area contributed by atoms with Crippen molar-refractivity contribution in [3.8, 4) is 0 Å². The van der Waals surface area contributed by atoms with Crippen LogP contribution in [0.25, 0.3) is 0 Å². The number of amides is 2. The van der Waals surface area contributed by atoms with Gasteiger partial charge >= 0.3 is 0 Å².